The topological polar surface area (TPSA) is 60.2 Å². The molecular formula is C21H27N3O2Si. The van der Waals surface area contributed by atoms with E-state index >= 15 is 0 Å². The third kappa shape index (κ3) is 3.74. The lowest BCUT2D eigenvalue weighted by Gasteiger charge is -2.42. The SMILES string of the molecule is Cn1nc(CO[Si](c2ccccc2)(c2ccccc2)C(C)(C)C)nc1CO. The van der Waals surface area contributed by atoms with Gasteiger partial charge in [-0.05, 0) is 15.4 Å². The van der Waals surface area contributed by atoms with Crippen molar-refractivity contribution >= 4 is 18.7 Å². The molecule has 0 unspecified atom stereocenters. The van der Waals surface area contributed by atoms with Gasteiger partial charge >= 0.3 is 0 Å². The van der Waals surface area contributed by atoms with Crippen LogP contribution in [0.3, 0.4) is 0 Å². The molecule has 3 rings (SSSR count). The first-order chi connectivity index (χ1) is 12.9. The van der Waals surface area contributed by atoms with Crippen LogP contribution in [-0.2, 0) is 24.7 Å². The molecule has 0 aliphatic rings. The first kappa shape index (κ1) is 19.5. The summed E-state index contributed by atoms with van der Waals surface area (Å²) in [6.07, 6.45) is 0. The Morgan fingerprint density at radius 3 is 1.89 bits per heavy atom. The van der Waals surface area contributed by atoms with Gasteiger partial charge in [0, 0.05) is 7.05 Å². The maximum absolute atomic E-state index is 9.39. The van der Waals surface area contributed by atoms with Gasteiger partial charge in [-0.3, -0.25) is 4.68 Å². The predicted molar refractivity (Wildman–Crippen MR) is 109 cm³/mol. The van der Waals surface area contributed by atoms with Crippen molar-refractivity contribution in [2.75, 3.05) is 0 Å². The zero-order chi connectivity index (χ0) is 19.5. The molecule has 0 fully saturated rings. The second kappa shape index (κ2) is 7.76. The van der Waals surface area contributed by atoms with E-state index in [0.29, 0.717) is 18.3 Å². The molecule has 0 amide bonds. The molecule has 0 spiro atoms. The highest BCUT2D eigenvalue weighted by Crippen LogP contribution is 2.37. The molecule has 0 aliphatic carbocycles. The Morgan fingerprint density at radius 2 is 1.48 bits per heavy atom. The third-order valence-electron chi connectivity index (χ3n) is 4.87. The Kier molecular flexibility index (Phi) is 5.60. The van der Waals surface area contributed by atoms with Crippen molar-refractivity contribution in [2.24, 2.45) is 7.05 Å². The van der Waals surface area contributed by atoms with Gasteiger partial charge in [-0.1, -0.05) is 81.4 Å². The summed E-state index contributed by atoms with van der Waals surface area (Å²) in [4.78, 5) is 4.40. The van der Waals surface area contributed by atoms with Gasteiger partial charge in [0.05, 0.1) is 6.61 Å². The molecule has 0 saturated heterocycles. The fourth-order valence-corrected chi connectivity index (χ4v) is 8.11. The quantitative estimate of drug-likeness (QED) is 0.666. The lowest BCUT2D eigenvalue weighted by Crippen LogP contribution is -2.66. The van der Waals surface area contributed by atoms with Crippen molar-refractivity contribution in [3.05, 3.63) is 72.3 Å². The van der Waals surface area contributed by atoms with E-state index < -0.39 is 8.32 Å². The van der Waals surface area contributed by atoms with Crippen LogP contribution >= 0.6 is 0 Å². The first-order valence-electron chi connectivity index (χ1n) is 9.13. The summed E-state index contributed by atoms with van der Waals surface area (Å²) >= 11 is 0. The first-order valence-corrected chi connectivity index (χ1v) is 11.0. The molecule has 1 aromatic heterocycles. The van der Waals surface area contributed by atoms with Crippen molar-refractivity contribution in [3.63, 3.8) is 0 Å². The highest BCUT2D eigenvalue weighted by atomic mass is 28.4. The molecule has 1 heterocycles. The van der Waals surface area contributed by atoms with Crippen LogP contribution < -0.4 is 10.4 Å². The van der Waals surface area contributed by atoms with E-state index in [1.54, 1.807) is 11.7 Å². The Labute approximate surface area is 161 Å². The summed E-state index contributed by atoms with van der Waals surface area (Å²) in [5.41, 5.74) is 0. The van der Waals surface area contributed by atoms with Crippen LogP contribution in [0, 0.1) is 0 Å². The molecule has 142 valence electrons. The van der Waals surface area contributed by atoms with Crippen LogP contribution in [0.2, 0.25) is 5.04 Å². The van der Waals surface area contributed by atoms with Gasteiger partial charge in [0.25, 0.3) is 8.32 Å². The van der Waals surface area contributed by atoms with Crippen molar-refractivity contribution in [1.29, 1.82) is 0 Å². The van der Waals surface area contributed by atoms with Crippen molar-refractivity contribution < 1.29 is 9.53 Å². The number of hydrogen-bond donors (Lipinski definition) is 1. The molecule has 0 atom stereocenters. The highest BCUT2D eigenvalue weighted by Gasteiger charge is 2.50. The summed E-state index contributed by atoms with van der Waals surface area (Å²) in [6, 6.07) is 21.0. The van der Waals surface area contributed by atoms with Gasteiger partial charge in [-0.2, -0.15) is 5.10 Å². The third-order valence-corrected chi connectivity index (χ3v) is 9.86. The molecule has 6 heteroatoms. The smallest absolute Gasteiger partial charge is 0.261 e. The van der Waals surface area contributed by atoms with Crippen molar-refractivity contribution in [1.82, 2.24) is 14.8 Å². The van der Waals surface area contributed by atoms with E-state index in [2.05, 4.69) is 79.4 Å². The summed E-state index contributed by atoms with van der Waals surface area (Å²) in [7, 11) is -0.820. The second-order valence-electron chi connectivity index (χ2n) is 7.68. The molecule has 1 N–H and O–H groups in total. The van der Waals surface area contributed by atoms with E-state index in [1.165, 1.54) is 10.4 Å². The molecule has 3 aromatic rings. The molecule has 0 aliphatic heterocycles. The molecule has 0 bridgehead atoms. The number of aliphatic hydroxyl groups excluding tert-OH is 1. The number of rotatable bonds is 6. The van der Waals surface area contributed by atoms with E-state index in [-0.39, 0.29) is 11.6 Å². The number of benzene rings is 2. The number of nitrogens with zero attached hydrogens (tertiary/aromatic N) is 3. The Morgan fingerprint density at radius 1 is 0.963 bits per heavy atom. The number of hydrogen-bond acceptors (Lipinski definition) is 4. The van der Waals surface area contributed by atoms with Gasteiger partial charge in [0.2, 0.25) is 0 Å². The fraction of sp³-hybridized carbons (Fsp3) is 0.333. The van der Waals surface area contributed by atoms with E-state index in [4.69, 9.17) is 4.43 Å². The van der Waals surface area contributed by atoms with Crippen LogP contribution in [0.1, 0.15) is 32.4 Å². The van der Waals surface area contributed by atoms with Crippen molar-refractivity contribution in [3.8, 4) is 0 Å². The Hall–Kier alpha value is -2.28. The van der Waals surface area contributed by atoms with E-state index in [1.807, 2.05) is 12.1 Å². The minimum atomic E-state index is -2.60. The monoisotopic (exact) mass is 381 g/mol. The van der Waals surface area contributed by atoms with Crippen LogP contribution in [0.15, 0.2) is 60.7 Å². The van der Waals surface area contributed by atoms with Gasteiger partial charge in [-0.25, -0.2) is 4.98 Å². The normalized spacial score (nSPS) is 12.3. The van der Waals surface area contributed by atoms with E-state index in [0.717, 1.165) is 0 Å². The molecular weight excluding hydrogens is 354 g/mol. The summed E-state index contributed by atoms with van der Waals surface area (Å²) < 4.78 is 8.39. The number of aliphatic hydroxyl groups is 1. The summed E-state index contributed by atoms with van der Waals surface area (Å²) in [5.74, 6) is 1.13. The van der Waals surface area contributed by atoms with Crippen LogP contribution in [-0.4, -0.2) is 28.2 Å². The van der Waals surface area contributed by atoms with Gasteiger partial charge in [-0.15, -0.1) is 0 Å². The van der Waals surface area contributed by atoms with E-state index in [9.17, 15) is 5.11 Å². The maximum atomic E-state index is 9.39. The average Bonchev–Trinajstić information content (AvgIpc) is 3.03. The minimum Gasteiger partial charge on any atom is -0.400 e. The fourth-order valence-electron chi connectivity index (χ4n) is 3.61. The zero-order valence-corrected chi connectivity index (χ0v) is 17.4. The van der Waals surface area contributed by atoms with Crippen LogP contribution in [0.25, 0.3) is 0 Å². The Bertz CT molecular complexity index is 834. The standard InChI is InChI=1S/C21H27N3O2Si/c1-21(2,3)27(17-11-7-5-8-12-17,18-13-9-6-10-14-18)26-16-19-22-20(15-25)24(4)23-19/h5-14,25H,15-16H2,1-4H3. The van der Waals surface area contributed by atoms with Gasteiger partial charge < -0.3 is 9.53 Å². The average molecular weight is 382 g/mol. The van der Waals surface area contributed by atoms with Crippen LogP contribution in [0.5, 0.6) is 0 Å². The molecule has 27 heavy (non-hydrogen) atoms. The minimum absolute atomic E-state index is 0.0930. The maximum Gasteiger partial charge on any atom is 0.261 e. The van der Waals surface area contributed by atoms with Crippen LogP contribution in [0.4, 0.5) is 0 Å². The largest absolute Gasteiger partial charge is 0.400 e. The number of aromatic nitrogens is 3. The summed E-state index contributed by atoms with van der Waals surface area (Å²) in [6.45, 7) is 6.89. The molecule has 0 radical (unpaired) electrons. The van der Waals surface area contributed by atoms with Gasteiger partial charge in [0.1, 0.15) is 6.61 Å². The van der Waals surface area contributed by atoms with Gasteiger partial charge in [0.15, 0.2) is 11.6 Å². The summed E-state index contributed by atoms with van der Waals surface area (Å²) in [5, 5.41) is 16.1. The lowest BCUT2D eigenvalue weighted by molar-refractivity contribution is 0.264. The Balaban J connectivity index is 2.08. The molecule has 5 nitrogen and oxygen atoms in total. The highest BCUT2D eigenvalue weighted by molar-refractivity contribution is 6.99. The number of aryl methyl sites for hydroxylation is 1. The zero-order valence-electron chi connectivity index (χ0n) is 16.4. The van der Waals surface area contributed by atoms with Crippen molar-refractivity contribution in [2.45, 2.75) is 39.0 Å². The molecule has 2 aromatic carbocycles. The molecule has 0 saturated carbocycles. The predicted octanol–water partition coefficient (Wildman–Crippen LogP) is 2.38. The lowest BCUT2D eigenvalue weighted by atomic mass is 10.2. The second-order valence-corrected chi connectivity index (χ2v) is 12.0.